The molecule has 2 heterocycles. The van der Waals surface area contributed by atoms with Crippen LogP contribution in [0.5, 0.6) is 0 Å². The highest BCUT2D eigenvalue weighted by Gasteiger charge is 2.23. The molecule has 172 valence electrons. The Kier molecular flexibility index (Phi) is 7.46. The molecule has 2 saturated heterocycles. The minimum Gasteiger partial charge on any atom is -0.382 e. The van der Waals surface area contributed by atoms with Crippen LogP contribution in [0.25, 0.3) is 0 Å². The van der Waals surface area contributed by atoms with Gasteiger partial charge >= 0.3 is 0 Å². The first-order valence-corrected chi connectivity index (χ1v) is 12.1. The number of carbonyl (C=O) groups is 1. The lowest BCUT2D eigenvalue weighted by Crippen LogP contribution is -2.43. The number of aryl methyl sites for hydroxylation is 1. The fourth-order valence-corrected chi connectivity index (χ4v) is 5.09. The van der Waals surface area contributed by atoms with Gasteiger partial charge in [-0.3, -0.25) is 9.69 Å². The van der Waals surface area contributed by atoms with E-state index in [0.29, 0.717) is 6.42 Å². The maximum atomic E-state index is 13.4. The molecular formula is C27H36FN3O. The Balaban J connectivity index is 1.26. The molecule has 0 aliphatic carbocycles. The molecule has 32 heavy (non-hydrogen) atoms. The van der Waals surface area contributed by atoms with Crippen LogP contribution in [-0.2, 0) is 17.8 Å². The van der Waals surface area contributed by atoms with Crippen LogP contribution in [0.15, 0.2) is 42.5 Å². The first kappa shape index (κ1) is 22.8. The van der Waals surface area contributed by atoms with Crippen LogP contribution in [0.4, 0.5) is 10.1 Å². The predicted molar refractivity (Wildman–Crippen MR) is 128 cm³/mol. The van der Waals surface area contributed by atoms with Crippen LogP contribution >= 0.6 is 0 Å². The topological polar surface area (TPSA) is 35.6 Å². The molecule has 2 aromatic carbocycles. The third-order valence-corrected chi connectivity index (χ3v) is 6.94. The summed E-state index contributed by atoms with van der Waals surface area (Å²) in [5.74, 6) is 0.759. The molecule has 1 amide bonds. The molecule has 2 fully saturated rings. The lowest BCUT2D eigenvalue weighted by atomic mass is 9.98. The monoisotopic (exact) mass is 437 g/mol. The molecule has 4 nitrogen and oxygen atoms in total. The maximum Gasteiger partial charge on any atom is 0.226 e. The van der Waals surface area contributed by atoms with E-state index in [1.54, 1.807) is 6.07 Å². The molecule has 0 unspecified atom stereocenters. The van der Waals surface area contributed by atoms with E-state index >= 15 is 0 Å². The Labute approximate surface area is 191 Å². The largest absolute Gasteiger partial charge is 0.382 e. The highest BCUT2D eigenvalue weighted by molar-refractivity contribution is 5.79. The maximum absolute atomic E-state index is 13.4. The van der Waals surface area contributed by atoms with Gasteiger partial charge in [-0.2, -0.15) is 0 Å². The van der Waals surface area contributed by atoms with Crippen LogP contribution < -0.4 is 5.32 Å². The number of anilines is 1. The lowest BCUT2D eigenvalue weighted by molar-refractivity contribution is -0.131. The second kappa shape index (κ2) is 10.5. The van der Waals surface area contributed by atoms with E-state index in [4.69, 9.17) is 0 Å². The van der Waals surface area contributed by atoms with Crippen molar-refractivity contribution in [3.05, 3.63) is 65.0 Å². The molecule has 1 N–H and O–H groups in total. The van der Waals surface area contributed by atoms with Gasteiger partial charge in [-0.05, 0) is 80.0 Å². The van der Waals surface area contributed by atoms with Crippen LogP contribution in [-0.4, -0.2) is 47.9 Å². The highest BCUT2D eigenvalue weighted by Crippen LogP contribution is 2.21. The minimum absolute atomic E-state index is 0.200. The minimum atomic E-state index is -0.227. The van der Waals surface area contributed by atoms with Gasteiger partial charge in [0.25, 0.3) is 0 Å². The first-order valence-electron chi connectivity index (χ1n) is 12.1. The Hall–Kier alpha value is -2.40. The number of rotatable bonds is 6. The molecule has 4 rings (SSSR count). The quantitative estimate of drug-likeness (QED) is 0.690. The molecule has 2 aliphatic rings. The summed E-state index contributed by atoms with van der Waals surface area (Å²) in [5.41, 5.74) is 4.57. The van der Waals surface area contributed by atoms with Crippen molar-refractivity contribution in [1.82, 2.24) is 9.80 Å². The summed E-state index contributed by atoms with van der Waals surface area (Å²) in [6.45, 7) is 9.38. The molecule has 1 atom stereocenters. The second-order valence-corrected chi connectivity index (χ2v) is 9.73. The zero-order valence-electron chi connectivity index (χ0n) is 19.4. The van der Waals surface area contributed by atoms with Crippen LogP contribution in [0, 0.1) is 18.7 Å². The summed E-state index contributed by atoms with van der Waals surface area (Å²) in [7, 11) is 0. The fraction of sp³-hybridized carbons (Fsp3) is 0.519. The summed E-state index contributed by atoms with van der Waals surface area (Å²) in [6.07, 6.45) is 4.86. The average Bonchev–Trinajstić information content (AvgIpc) is 2.76. The summed E-state index contributed by atoms with van der Waals surface area (Å²) in [5, 5.41) is 3.40. The van der Waals surface area contributed by atoms with Gasteiger partial charge in [0, 0.05) is 37.9 Å². The Morgan fingerprint density at radius 2 is 1.91 bits per heavy atom. The number of nitrogens with one attached hydrogen (secondary N) is 1. The van der Waals surface area contributed by atoms with Gasteiger partial charge in [-0.25, -0.2) is 4.39 Å². The fourth-order valence-electron chi connectivity index (χ4n) is 5.09. The lowest BCUT2D eigenvalue weighted by Gasteiger charge is -2.33. The molecule has 2 aliphatic heterocycles. The first-order chi connectivity index (χ1) is 15.5. The van der Waals surface area contributed by atoms with Gasteiger partial charge in [0.1, 0.15) is 5.82 Å². The van der Waals surface area contributed by atoms with Gasteiger partial charge in [0.2, 0.25) is 5.91 Å². The van der Waals surface area contributed by atoms with Crippen molar-refractivity contribution >= 4 is 11.6 Å². The summed E-state index contributed by atoms with van der Waals surface area (Å²) < 4.78 is 13.4. The predicted octanol–water partition coefficient (Wildman–Crippen LogP) is 5.01. The number of likely N-dealkylation sites (tertiary alicyclic amines) is 2. The molecule has 5 heteroatoms. The van der Waals surface area contributed by atoms with E-state index in [2.05, 4.69) is 42.3 Å². The number of piperidine rings is 2. The van der Waals surface area contributed by atoms with Crippen molar-refractivity contribution in [2.45, 2.75) is 58.5 Å². The van der Waals surface area contributed by atoms with E-state index < -0.39 is 0 Å². The molecule has 0 saturated carbocycles. The number of amides is 1. The number of benzene rings is 2. The third-order valence-electron chi connectivity index (χ3n) is 6.94. The van der Waals surface area contributed by atoms with Gasteiger partial charge in [-0.15, -0.1) is 0 Å². The van der Waals surface area contributed by atoms with E-state index in [0.717, 1.165) is 49.6 Å². The van der Waals surface area contributed by atoms with Crippen molar-refractivity contribution in [3.63, 3.8) is 0 Å². The summed E-state index contributed by atoms with van der Waals surface area (Å²) in [6, 6.07) is 13.4. The van der Waals surface area contributed by atoms with Crippen LogP contribution in [0.3, 0.4) is 0 Å². The third kappa shape index (κ3) is 6.10. The number of hydrogen-bond acceptors (Lipinski definition) is 3. The number of halogens is 1. The van der Waals surface area contributed by atoms with Crippen molar-refractivity contribution in [3.8, 4) is 0 Å². The number of carbonyl (C=O) groups excluding carboxylic acids is 1. The molecule has 0 radical (unpaired) electrons. The van der Waals surface area contributed by atoms with Gasteiger partial charge in [0.05, 0.1) is 6.42 Å². The average molecular weight is 438 g/mol. The van der Waals surface area contributed by atoms with E-state index in [1.165, 1.54) is 49.2 Å². The van der Waals surface area contributed by atoms with Crippen molar-refractivity contribution in [2.75, 3.05) is 31.5 Å². The van der Waals surface area contributed by atoms with Gasteiger partial charge in [0.15, 0.2) is 0 Å². The molecule has 0 bridgehead atoms. The SMILES string of the molecule is Cc1cc(CC(=O)N2CCC(Nc3cccc(F)c3)CC2)ccc1CN1CCC[C@@H](C)C1. The molecular weight excluding hydrogens is 401 g/mol. The molecule has 2 aromatic rings. The van der Waals surface area contributed by atoms with Crippen molar-refractivity contribution < 1.29 is 9.18 Å². The van der Waals surface area contributed by atoms with Crippen molar-refractivity contribution in [2.24, 2.45) is 5.92 Å². The number of hydrogen-bond donors (Lipinski definition) is 1. The molecule has 0 aromatic heterocycles. The Bertz CT molecular complexity index is 923. The normalized spacial score (nSPS) is 20.3. The van der Waals surface area contributed by atoms with Crippen LogP contribution in [0.1, 0.15) is 49.3 Å². The standard InChI is InChI=1S/C27H36FN3O/c1-20-5-4-12-30(18-20)19-23-9-8-22(15-21(23)2)16-27(32)31-13-10-25(11-14-31)29-26-7-3-6-24(28)17-26/h3,6-9,15,17,20,25,29H,4-5,10-14,16,18-19H2,1-2H3/t20-/m1/s1. The highest BCUT2D eigenvalue weighted by atomic mass is 19.1. The van der Waals surface area contributed by atoms with E-state index in [-0.39, 0.29) is 17.8 Å². The van der Waals surface area contributed by atoms with E-state index in [1.807, 2.05) is 11.0 Å². The van der Waals surface area contributed by atoms with Crippen molar-refractivity contribution in [1.29, 1.82) is 0 Å². The molecule has 0 spiro atoms. The Morgan fingerprint density at radius 1 is 1.09 bits per heavy atom. The van der Waals surface area contributed by atoms with E-state index in [9.17, 15) is 9.18 Å². The summed E-state index contributed by atoms with van der Waals surface area (Å²) >= 11 is 0. The Morgan fingerprint density at radius 3 is 2.62 bits per heavy atom. The summed E-state index contributed by atoms with van der Waals surface area (Å²) in [4.78, 5) is 17.4. The smallest absolute Gasteiger partial charge is 0.226 e. The van der Waals surface area contributed by atoms with Crippen LogP contribution in [0.2, 0.25) is 0 Å². The van der Waals surface area contributed by atoms with Gasteiger partial charge in [-0.1, -0.05) is 31.2 Å². The second-order valence-electron chi connectivity index (χ2n) is 9.73. The zero-order chi connectivity index (χ0) is 22.5. The van der Waals surface area contributed by atoms with Gasteiger partial charge < -0.3 is 10.2 Å². The zero-order valence-corrected chi connectivity index (χ0v) is 19.4. The number of nitrogens with zero attached hydrogens (tertiary/aromatic N) is 2.